The van der Waals surface area contributed by atoms with Crippen LogP contribution >= 0.6 is 0 Å². The molecule has 0 unspecified atom stereocenters. The molecule has 3 nitrogen and oxygen atoms in total. The summed E-state index contributed by atoms with van der Waals surface area (Å²) in [5.41, 5.74) is 1.08. The molecule has 0 atom stereocenters. The summed E-state index contributed by atoms with van der Waals surface area (Å²) in [6.07, 6.45) is 2.17. The lowest BCUT2D eigenvalue weighted by molar-refractivity contribution is 0.151. The molecule has 0 heterocycles. The van der Waals surface area contributed by atoms with Crippen molar-refractivity contribution < 1.29 is 13.6 Å². The van der Waals surface area contributed by atoms with Crippen LogP contribution in [-0.2, 0) is 13.6 Å². The van der Waals surface area contributed by atoms with Crippen molar-refractivity contribution in [2.45, 2.75) is 38.8 Å². The Morgan fingerprint density at radius 1 is 1.19 bits per heavy atom. The van der Waals surface area contributed by atoms with E-state index in [0.29, 0.717) is 6.61 Å². The maximum atomic E-state index is 5.54. The molecule has 0 aromatic heterocycles. The van der Waals surface area contributed by atoms with Gasteiger partial charge in [0.05, 0.1) is 6.61 Å². The standard InChI is InChI=1S/C12H26O3Si/c1-6-16(13-4,14-5)10-8-7-9-15-11-12(2)3/h2,6-11H2,1,3-5H3. The molecule has 0 amide bonds. The second-order valence-corrected chi connectivity index (χ2v) is 7.98. The van der Waals surface area contributed by atoms with Crippen molar-refractivity contribution in [3.63, 3.8) is 0 Å². The molecule has 0 saturated carbocycles. The smallest absolute Gasteiger partial charge is 0.337 e. The van der Waals surface area contributed by atoms with E-state index in [-0.39, 0.29) is 0 Å². The summed E-state index contributed by atoms with van der Waals surface area (Å²) in [6, 6.07) is 2.06. The van der Waals surface area contributed by atoms with E-state index in [2.05, 4.69) is 13.5 Å². The fraction of sp³-hybridized carbons (Fsp3) is 0.833. The van der Waals surface area contributed by atoms with Gasteiger partial charge in [-0.3, -0.25) is 0 Å². The first-order valence-corrected chi connectivity index (χ1v) is 8.15. The van der Waals surface area contributed by atoms with Crippen molar-refractivity contribution in [2.75, 3.05) is 27.4 Å². The third-order valence-electron chi connectivity index (χ3n) is 2.73. The highest BCUT2D eigenvalue weighted by molar-refractivity contribution is 6.67. The first-order valence-electron chi connectivity index (χ1n) is 5.92. The van der Waals surface area contributed by atoms with Crippen molar-refractivity contribution >= 4 is 8.56 Å². The van der Waals surface area contributed by atoms with Crippen LogP contribution in [0, 0.1) is 0 Å². The minimum absolute atomic E-state index is 0.672. The van der Waals surface area contributed by atoms with Gasteiger partial charge in [0.2, 0.25) is 0 Å². The summed E-state index contributed by atoms with van der Waals surface area (Å²) in [5.74, 6) is 0. The maximum Gasteiger partial charge on any atom is 0.337 e. The van der Waals surface area contributed by atoms with Gasteiger partial charge in [-0.05, 0) is 31.9 Å². The normalized spacial score (nSPS) is 11.8. The lowest BCUT2D eigenvalue weighted by atomic mass is 10.3. The first-order chi connectivity index (χ1) is 7.60. The summed E-state index contributed by atoms with van der Waals surface area (Å²) >= 11 is 0. The molecular weight excluding hydrogens is 220 g/mol. The predicted molar refractivity (Wildman–Crippen MR) is 69.9 cm³/mol. The number of rotatable bonds is 10. The van der Waals surface area contributed by atoms with Gasteiger partial charge in [0.1, 0.15) is 0 Å². The van der Waals surface area contributed by atoms with E-state index in [1.54, 1.807) is 14.2 Å². The summed E-state index contributed by atoms with van der Waals surface area (Å²) in [7, 11) is 1.65. The molecule has 0 aliphatic carbocycles. The largest absolute Gasteiger partial charge is 0.398 e. The molecule has 0 spiro atoms. The first kappa shape index (κ1) is 15.8. The Morgan fingerprint density at radius 2 is 1.81 bits per heavy atom. The molecule has 0 N–H and O–H groups in total. The third kappa shape index (κ3) is 6.43. The van der Waals surface area contributed by atoms with Crippen LogP contribution in [0.4, 0.5) is 0 Å². The molecule has 0 aromatic rings. The Morgan fingerprint density at radius 3 is 2.25 bits per heavy atom. The minimum atomic E-state index is -1.87. The van der Waals surface area contributed by atoms with Crippen LogP contribution in [0.2, 0.25) is 12.1 Å². The van der Waals surface area contributed by atoms with Crippen LogP contribution in [0.5, 0.6) is 0 Å². The fourth-order valence-corrected chi connectivity index (χ4v) is 3.89. The maximum absolute atomic E-state index is 5.54. The van der Waals surface area contributed by atoms with Crippen LogP contribution in [0.25, 0.3) is 0 Å². The average molecular weight is 246 g/mol. The van der Waals surface area contributed by atoms with Crippen LogP contribution in [0.15, 0.2) is 12.2 Å². The summed E-state index contributed by atoms with van der Waals surface area (Å²) < 4.78 is 16.5. The third-order valence-corrected chi connectivity index (χ3v) is 6.41. The SMILES string of the molecule is C=C(C)COCCCC[Si](CC)(OC)OC. The van der Waals surface area contributed by atoms with Gasteiger partial charge in [0, 0.05) is 20.8 Å². The molecular formula is C12H26O3Si. The van der Waals surface area contributed by atoms with Crippen LogP contribution < -0.4 is 0 Å². The molecule has 0 rings (SSSR count). The Labute approximate surface area is 101 Å². The molecule has 96 valence electrons. The second kappa shape index (κ2) is 8.93. The summed E-state index contributed by atoms with van der Waals surface area (Å²) in [6.45, 7) is 9.38. The molecule has 0 aliphatic rings. The molecule has 0 bridgehead atoms. The predicted octanol–water partition coefficient (Wildman–Crippen LogP) is 3.11. The molecule has 0 saturated heterocycles. The Hall–Kier alpha value is -0.163. The van der Waals surface area contributed by atoms with E-state index >= 15 is 0 Å². The highest BCUT2D eigenvalue weighted by atomic mass is 28.4. The quantitative estimate of drug-likeness (QED) is 0.337. The average Bonchev–Trinajstić information content (AvgIpc) is 2.29. The van der Waals surface area contributed by atoms with E-state index in [9.17, 15) is 0 Å². The van der Waals surface area contributed by atoms with Crippen molar-refractivity contribution in [3.05, 3.63) is 12.2 Å². The molecule has 4 heteroatoms. The second-order valence-electron chi connectivity index (χ2n) is 4.14. The van der Waals surface area contributed by atoms with E-state index in [1.165, 1.54) is 0 Å². The van der Waals surface area contributed by atoms with E-state index in [4.69, 9.17) is 13.6 Å². The van der Waals surface area contributed by atoms with Gasteiger partial charge in [-0.2, -0.15) is 0 Å². The Balaban J connectivity index is 3.59. The number of hydrogen-bond acceptors (Lipinski definition) is 3. The monoisotopic (exact) mass is 246 g/mol. The Bertz CT molecular complexity index is 182. The molecule has 0 radical (unpaired) electrons. The number of unbranched alkanes of at least 4 members (excludes halogenated alkanes) is 1. The lowest BCUT2D eigenvalue weighted by Gasteiger charge is -2.25. The van der Waals surface area contributed by atoms with Gasteiger partial charge >= 0.3 is 8.56 Å². The Kier molecular flexibility index (Phi) is 8.84. The lowest BCUT2D eigenvalue weighted by Crippen LogP contribution is -2.38. The highest BCUT2D eigenvalue weighted by Gasteiger charge is 2.32. The number of ether oxygens (including phenoxy) is 1. The zero-order valence-corrected chi connectivity index (χ0v) is 12.2. The summed E-state index contributed by atoms with van der Waals surface area (Å²) in [5, 5.41) is 0. The zero-order valence-electron chi connectivity index (χ0n) is 11.2. The van der Waals surface area contributed by atoms with E-state index in [1.807, 2.05) is 6.92 Å². The molecule has 16 heavy (non-hydrogen) atoms. The highest BCUT2D eigenvalue weighted by Crippen LogP contribution is 2.19. The van der Waals surface area contributed by atoms with Crippen LogP contribution in [0.1, 0.15) is 26.7 Å². The topological polar surface area (TPSA) is 27.7 Å². The van der Waals surface area contributed by atoms with Gasteiger partial charge in [-0.15, -0.1) is 0 Å². The van der Waals surface area contributed by atoms with Gasteiger partial charge in [0.25, 0.3) is 0 Å². The summed E-state index contributed by atoms with van der Waals surface area (Å²) in [4.78, 5) is 0. The van der Waals surface area contributed by atoms with E-state index < -0.39 is 8.56 Å². The van der Waals surface area contributed by atoms with Gasteiger partial charge < -0.3 is 13.6 Å². The van der Waals surface area contributed by atoms with Crippen molar-refractivity contribution in [3.8, 4) is 0 Å². The van der Waals surface area contributed by atoms with Crippen molar-refractivity contribution in [1.29, 1.82) is 0 Å². The van der Waals surface area contributed by atoms with Crippen LogP contribution in [-0.4, -0.2) is 36.0 Å². The van der Waals surface area contributed by atoms with Crippen molar-refractivity contribution in [1.82, 2.24) is 0 Å². The number of hydrogen-bond donors (Lipinski definition) is 0. The fourth-order valence-electron chi connectivity index (χ4n) is 1.60. The van der Waals surface area contributed by atoms with Crippen molar-refractivity contribution in [2.24, 2.45) is 0 Å². The molecule has 0 fully saturated rings. The van der Waals surface area contributed by atoms with E-state index in [0.717, 1.165) is 37.1 Å². The van der Waals surface area contributed by atoms with Gasteiger partial charge in [-0.1, -0.05) is 19.1 Å². The zero-order chi connectivity index (χ0) is 12.4. The van der Waals surface area contributed by atoms with Crippen LogP contribution in [0.3, 0.4) is 0 Å². The molecule has 0 aliphatic heterocycles. The minimum Gasteiger partial charge on any atom is -0.398 e. The van der Waals surface area contributed by atoms with Gasteiger partial charge in [-0.25, -0.2) is 0 Å². The van der Waals surface area contributed by atoms with Gasteiger partial charge in [0.15, 0.2) is 0 Å². The molecule has 0 aromatic carbocycles.